The summed E-state index contributed by atoms with van der Waals surface area (Å²) in [7, 11) is -4.38. The van der Waals surface area contributed by atoms with Crippen LogP contribution in [-0.4, -0.2) is 59.0 Å². The third-order valence-electron chi connectivity index (χ3n) is 7.83. The van der Waals surface area contributed by atoms with Crippen molar-refractivity contribution in [2.75, 3.05) is 19.8 Å². The Kier molecular flexibility index (Phi) is 30.8. The molecule has 0 aliphatic rings. The molecule has 0 aliphatic carbocycles. The predicted octanol–water partition coefficient (Wildman–Crippen LogP) is 8.02. The van der Waals surface area contributed by atoms with Gasteiger partial charge < -0.3 is 26.2 Å². The van der Waals surface area contributed by atoms with Gasteiger partial charge in [0.1, 0.15) is 0 Å². The van der Waals surface area contributed by atoms with Crippen molar-refractivity contribution in [2.24, 2.45) is 5.73 Å². The number of hydrogen-bond acceptors (Lipinski definition) is 7. The normalized spacial score (nSPS) is 15.4. The molecular formula is C35H69N2O7P. The van der Waals surface area contributed by atoms with E-state index in [1.807, 2.05) is 6.08 Å². The third-order valence-corrected chi connectivity index (χ3v) is 8.81. The van der Waals surface area contributed by atoms with E-state index in [9.17, 15) is 24.5 Å². The van der Waals surface area contributed by atoms with Crippen molar-refractivity contribution in [3.8, 4) is 0 Å². The highest BCUT2D eigenvalue weighted by Crippen LogP contribution is 2.43. The Hall–Kier alpha value is -1.06. The van der Waals surface area contributed by atoms with Gasteiger partial charge in [0.05, 0.1) is 37.9 Å². The van der Waals surface area contributed by atoms with Crippen molar-refractivity contribution >= 4 is 13.7 Å². The molecule has 0 aromatic carbocycles. The van der Waals surface area contributed by atoms with E-state index in [2.05, 4.69) is 31.3 Å². The number of rotatable bonds is 33. The molecule has 0 aromatic rings. The number of phosphoric acid groups is 1. The van der Waals surface area contributed by atoms with E-state index in [1.165, 1.54) is 77.0 Å². The molecule has 6 N–H and O–H groups in total. The number of amides is 1. The Labute approximate surface area is 275 Å². The van der Waals surface area contributed by atoms with Gasteiger partial charge in [-0.3, -0.25) is 13.8 Å². The summed E-state index contributed by atoms with van der Waals surface area (Å²) in [6, 6.07) is -0.981. The number of nitrogens with two attached hydrogens (primary N) is 1. The molecule has 9 nitrogen and oxygen atoms in total. The molecule has 0 aromatic heterocycles. The summed E-state index contributed by atoms with van der Waals surface area (Å²) in [5.41, 5.74) is 5.32. The van der Waals surface area contributed by atoms with Crippen molar-refractivity contribution in [2.45, 2.75) is 173 Å². The van der Waals surface area contributed by atoms with Crippen LogP contribution in [0.4, 0.5) is 0 Å². The second-order valence-corrected chi connectivity index (χ2v) is 13.7. The monoisotopic (exact) mass is 660 g/mol. The number of allylic oxidation sites excluding steroid dienone is 3. The zero-order chi connectivity index (χ0) is 33.4. The van der Waals surface area contributed by atoms with Gasteiger partial charge in [0.2, 0.25) is 5.91 Å². The molecule has 0 saturated carbocycles. The Morgan fingerprint density at radius 3 is 1.78 bits per heavy atom. The standard InChI is InChI=1S/C35H69N2O7P/c1-3-5-7-9-11-12-13-14-15-16-17-18-19-21-22-24-26-32(38)30-35(40)37-33(31-44-45(41,42)43-29-28-36)34(39)27-25-23-20-10-8-6-4-2/h17-18,25,27,32-34,38-39H,3-16,19-24,26,28-31,36H2,1-2H3,(H,37,40)(H,41,42)/b18-17-,27-25+. The van der Waals surface area contributed by atoms with Crippen molar-refractivity contribution in [3.63, 3.8) is 0 Å². The van der Waals surface area contributed by atoms with E-state index in [-0.39, 0.29) is 19.6 Å². The lowest BCUT2D eigenvalue weighted by Crippen LogP contribution is -2.46. The molecule has 266 valence electrons. The molecule has 1 amide bonds. The first kappa shape index (κ1) is 43.9. The molecule has 0 heterocycles. The number of carbonyl (C=O) groups excluding carboxylic acids is 1. The fraction of sp³-hybridized carbons (Fsp3) is 0.857. The summed E-state index contributed by atoms with van der Waals surface area (Å²) >= 11 is 0. The number of hydrogen-bond donors (Lipinski definition) is 5. The zero-order valence-electron chi connectivity index (χ0n) is 28.7. The Morgan fingerprint density at radius 1 is 0.756 bits per heavy atom. The first-order valence-electron chi connectivity index (χ1n) is 18.0. The Morgan fingerprint density at radius 2 is 1.24 bits per heavy atom. The molecule has 4 unspecified atom stereocenters. The van der Waals surface area contributed by atoms with Crippen LogP contribution in [0.5, 0.6) is 0 Å². The third kappa shape index (κ3) is 30.0. The quantitative estimate of drug-likeness (QED) is 0.0270. The zero-order valence-corrected chi connectivity index (χ0v) is 29.6. The van der Waals surface area contributed by atoms with Crippen LogP contribution in [0.1, 0.15) is 155 Å². The van der Waals surface area contributed by atoms with Crippen molar-refractivity contribution in [1.82, 2.24) is 5.32 Å². The van der Waals surface area contributed by atoms with E-state index in [4.69, 9.17) is 14.8 Å². The lowest BCUT2D eigenvalue weighted by Gasteiger charge is -2.24. The summed E-state index contributed by atoms with van der Waals surface area (Å²) in [4.78, 5) is 22.5. The van der Waals surface area contributed by atoms with Gasteiger partial charge in [-0.2, -0.15) is 0 Å². The SMILES string of the molecule is CCCCCCC/C=C/C(O)C(COP(=O)(O)OCCN)NC(=O)CC(O)CCCCC/C=C\CCCCCCCCCCC. The van der Waals surface area contributed by atoms with Gasteiger partial charge in [0.15, 0.2) is 0 Å². The summed E-state index contributed by atoms with van der Waals surface area (Å²) in [6.07, 6.45) is 30.0. The highest BCUT2D eigenvalue weighted by atomic mass is 31.2. The van der Waals surface area contributed by atoms with Crippen LogP contribution < -0.4 is 11.1 Å². The topological polar surface area (TPSA) is 151 Å². The Balaban J connectivity index is 4.33. The Bertz CT molecular complexity index is 781. The van der Waals surface area contributed by atoms with Crippen LogP contribution in [0.3, 0.4) is 0 Å². The van der Waals surface area contributed by atoms with Gasteiger partial charge in [-0.05, 0) is 44.9 Å². The van der Waals surface area contributed by atoms with Gasteiger partial charge in [0.25, 0.3) is 0 Å². The van der Waals surface area contributed by atoms with Crippen molar-refractivity contribution in [1.29, 1.82) is 0 Å². The molecule has 0 bridgehead atoms. The number of carbonyl (C=O) groups is 1. The molecule has 0 saturated heterocycles. The molecule has 0 aliphatic heterocycles. The van der Waals surface area contributed by atoms with Crippen LogP contribution in [0.2, 0.25) is 0 Å². The summed E-state index contributed by atoms with van der Waals surface area (Å²) in [5, 5.41) is 23.7. The van der Waals surface area contributed by atoms with Crippen molar-refractivity contribution in [3.05, 3.63) is 24.3 Å². The first-order chi connectivity index (χ1) is 21.8. The highest BCUT2D eigenvalue weighted by molar-refractivity contribution is 7.47. The number of aliphatic hydroxyl groups excluding tert-OH is 2. The lowest BCUT2D eigenvalue weighted by atomic mass is 10.0. The van der Waals surface area contributed by atoms with Gasteiger partial charge in [0, 0.05) is 6.54 Å². The molecule has 4 atom stereocenters. The van der Waals surface area contributed by atoms with E-state index >= 15 is 0 Å². The smallest absolute Gasteiger partial charge is 0.393 e. The maximum absolute atomic E-state index is 12.7. The molecule has 0 radical (unpaired) electrons. The number of nitrogens with one attached hydrogen (secondary N) is 1. The first-order valence-corrected chi connectivity index (χ1v) is 19.5. The summed E-state index contributed by atoms with van der Waals surface area (Å²) in [6.45, 7) is 3.87. The van der Waals surface area contributed by atoms with Crippen LogP contribution in [-0.2, 0) is 18.4 Å². The fourth-order valence-electron chi connectivity index (χ4n) is 5.05. The minimum absolute atomic E-state index is 0.0473. The van der Waals surface area contributed by atoms with Crippen LogP contribution in [0.25, 0.3) is 0 Å². The van der Waals surface area contributed by atoms with Gasteiger partial charge in [-0.1, -0.05) is 128 Å². The van der Waals surface area contributed by atoms with Gasteiger partial charge in [-0.25, -0.2) is 4.57 Å². The van der Waals surface area contributed by atoms with Gasteiger partial charge >= 0.3 is 7.82 Å². The average molecular weight is 661 g/mol. The van der Waals surface area contributed by atoms with Crippen LogP contribution in [0.15, 0.2) is 24.3 Å². The van der Waals surface area contributed by atoms with Crippen LogP contribution >= 0.6 is 7.82 Å². The molecule has 0 fully saturated rings. The van der Waals surface area contributed by atoms with E-state index in [0.29, 0.717) is 6.42 Å². The largest absolute Gasteiger partial charge is 0.472 e. The number of aliphatic hydroxyl groups is 2. The van der Waals surface area contributed by atoms with E-state index in [0.717, 1.165) is 51.4 Å². The molecule has 0 rings (SSSR count). The minimum atomic E-state index is -4.38. The van der Waals surface area contributed by atoms with E-state index < -0.39 is 38.6 Å². The predicted molar refractivity (Wildman–Crippen MR) is 186 cm³/mol. The maximum Gasteiger partial charge on any atom is 0.472 e. The maximum atomic E-state index is 12.7. The van der Waals surface area contributed by atoms with Crippen molar-refractivity contribution < 1.29 is 33.5 Å². The number of phosphoric ester groups is 1. The van der Waals surface area contributed by atoms with E-state index in [1.54, 1.807) is 6.08 Å². The molecule has 0 spiro atoms. The lowest BCUT2D eigenvalue weighted by molar-refractivity contribution is -0.124. The molecular weight excluding hydrogens is 591 g/mol. The summed E-state index contributed by atoms with van der Waals surface area (Å²) < 4.78 is 21.8. The van der Waals surface area contributed by atoms with Gasteiger partial charge in [-0.15, -0.1) is 0 Å². The second kappa shape index (κ2) is 31.5. The molecule has 45 heavy (non-hydrogen) atoms. The molecule has 10 heteroatoms. The second-order valence-electron chi connectivity index (χ2n) is 12.3. The average Bonchev–Trinajstić information content (AvgIpc) is 3.01. The summed E-state index contributed by atoms with van der Waals surface area (Å²) in [5.74, 6) is -0.460. The number of unbranched alkanes of at least 4 members (excludes halogenated alkanes) is 17. The van der Waals surface area contributed by atoms with Crippen LogP contribution in [0, 0.1) is 0 Å². The highest BCUT2D eigenvalue weighted by Gasteiger charge is 2.27. The fourth-order valence-corrected chi connectivity index (χ4v) is 5.81. The minimum Gasteiger partial charge on any atom is -0.393 e.